The third kappa shape index (κ3) is 6.05. The van der Waals surface area contributed by atoms with Crippen LogP contribution in [-0.2, 0) is 16.1 Å². The summed E-state index contributed by atoms with van der Waals surface area (Å²) in [5.74, 6) is 0.716. The second-order valence-corrected chi connectivity index (χ2v) is 8.88. The average Bonchev–Trinajstić information content (AvgIpc) is 3.31. The predicted molar refractivity (Wildman–Crippen MR) is 130 cm³/mol. The van der Waals surface area contributed by atoms with Gasteiger partial charge < -0.3 is 24.0 Å². The number of piperazine rings is 1. The lowest BCUT2D eigenvalue weighted by Crippen LogP contribution is -2.49. The Balaban J connectivity index is 1.20. The van der Waals surface area contributed by atoms with E-state index in [2.05, 4.69) is 9.88 Å². The minimum atomic E-state index is -0.535. The molecule has 0 atom stereocenters. The van der Waals surface area contributed by atoms with Crippen LogP contribution in [0.15, 0.2) is 53.9 Å². The van der Waals surface area contributed by atoms with Gasteiger partial charge in [-0.05, 0) is 55.5 Å². The van der Waals surface area contributed by atoms with Gasteiger partial charge in [0.05, 0.1) is 23.4 Å². The van der Waals surface area contributed by atoms with Crippen LogP contribution < -0.4 is 14.4 Å². The summed E-state index contributed by atoms with van der Waals surface area (Å²) in [5, 5.41) is 2.95. The van der Waals surface area contributed by atoms with Crippen LogP contribution in [0.1, 0.15) is 21.1 Å². The van der Waals surface area contributed by atoms with Gasteiger partial charge in [0.1, 0.15) is 18.1 Å². The molecule has 3 aromatic rings. The first-order valence-electron chi connectivity index (χ1n) is 11.0. The first-order valence-corrected chi connectivity index (χ1v) is 11.9. The fourth-order valence-electron chi connectivity index (χ4n) is 3.63. The summed E-state index contributed by atoms with van der Waals surface area (Å²) in [6.07, 6.45) is 0. The number of rotatable bonds is 8. The summed E-state index contributed by atoms with van der Waals surface area (Å²) in [5.41, 5.74) is 2.33. The molecule has 1 aliphatic heterocycles. The zero-order chi connectivity index (χ0) is 23.9. The highest BCUT2D eigenvalue weighted by Gasteiger charge is 2.22. The molecule has 0 unspecified atom stereocenters. The lowest BCUT2D eigenvalue weighted by atomic mass is 10.2. The van der Waals surface area contributed by atoms with E-state index in [-0.39, 0.29) is 12.5 Å². The molecule has 0 spiro atoms. The first kappa shape index (κ1) is 23.6. The van der Waals surface area contributed by atoms with Crippen molar-refractivity contribution in [1.29, 1.82) is 0 Å². The van der Waals surface area contributed by atoms with E-state index in [1.807, 2.05) is 36.6 Å². The number of thiazole rings is 1. The monoisotopic (exact) mass is 481 g/mol. The van der Waals surface area contributed by atoms with Crippen LogP contribution in [0.3, 0.4) is 0 Å². The quantitative estimate of drug-likeness (QED) is 0.455. The topological polar surface area (TPSA) is 81.2 Å². The van der Waals surface area contributed by atoms with Crippen molar-refractivity contribution in [2.75, 3.05) is 44.8 Å². The molecule has 0 radical (unpaired) electrons. The SMILES string of the molecule is COc1ccc(N2CCN(C(=O)COC(=O)c3ccc(OCc4csc(C)n4)cc3)CC2)cc1. The molecule has 1 saturated heterocycles. The van der Waals surface area contributed by atoms with Crippen molar-refractivity contribution in [3.8, 4) is 11.5 Å². The molecule has 0 bridgehead atoms. The third-order valence-corrected chi connectivity index (χ3v) is 6.36. The van der Waals surface area contributed by atoms with Gasteiger partial charge in [0.15, 0.2) is 6.61 Å². The van der Waals surface area contributed by atoms with Gasteiger partial charge in [-0.15, -0.1) is 11.3 Å². The molecule has 1 aliphatic rings. The van der Waals surface area contributed by atoms with E-state index in [0.29, 0.717) is 44.1 Å². The number of aromatic nitrogens is 1. The number of hydrogen-bond donors (Lipinski definition) is 0. The van der Waals surface area contributed by atoms with Crippen molar-refractivity contribution in [3.63, 3.8) is 0 Å². The number of methoxy groups -OCH3 is 1. The van der Waals surface area contributed by atoms with Gasteiger partial charge in [0.2, 0.25) is 0 Å². The molecule has 34 heavy (non-hydrogen) atoms. The molecule has 178 valence electrons. The summed E-state index contributed by atoms with van der Waals surface area (Å²) < 4.78 is 16.1. The summed E-state index contributed by atoms with van der Waals surface area (Å²) in [6.45, 7) is 4.63. The Bertz CT molecular complexity index is 1110. The van der Waals surface area contributed by atoms with Gasteiger partial charge in [-0.3, -0.25) is 4.79 Å². The van der Waals surface area contributed by atoms with Gasteiger partial charge in [-0.25, -0.2) is 9.78 Å². The van der Waals surface area contributed by atoms with Crippen LogP contribution in [0.5, 0.6) is 11.5 Å². The van der Waals surface area contributed by atoms with E-state index in [1.54, 1.807) is 47.6 Å². The minimum absolute atomic E-state index is 0.193. The lowest BCUT2D eigenvalue weighted by molar-refractivity contribution is -0.134. The average molecular weight is 482 g/mol. The van der Waals surface area contributed by atoms with E-state index < -0.39 is 5.97 Å². The summed E-state index contributed by atoms with van der Waals surface area (Å²) in [7, 11) is 1.64. The maximum atomic E-state index is 12.5. The van der Waals surface area contributed by atoms with Crippen LogP contribution >= 0.6 is 11.3 Å². The summed E-state index contributed by atoms with van der Waals surface area (Å²) in [4.78, 5) is 33.2. The largest absolute Gasteiger partial charge is 0.497 e. The first-order chi connectivity index (χ1) is 16.5. The molecule has 0 N–H and O–H groups in total. The van der Waals surface area contributed by atoms with Gasteiger partial charge in [-0.2, -0.15) is 0 Å². The van der Waals surface area contributed by atoms with Gasteiger partial charge in [-0.1, -0.05) is 0 Å². The standard InChI is InChI=1S/C25H27N3O5S/c1-18-26-20(17-34-18)15-32-23-7-3-19(4-8-23)25(30)33-16-24(29)28-13-11-27(12-14-28)21-5-9-22(31-2)10-6-21/h3-10,17H,11-16H2,1-2H3. The smallest absolute Gasteiger partial charge is 0.338 e. The zero-order valence-corrected chi connectivity index (χ0v) is 20.0. The normalized spacial score (nSPS) is 13.5. The molecule has 2 aromatic carbocycles. The number of anilines is 1. The van der Waals surface area contributed by atoms with E-state index >= 15 is 0 Å². The molecule has 9 heteroatoms. The molecule has 1 fully saturated rings. The number of carbonyl (C=O) groups is 2. The third-order valence-electron chi connectivity index (χ3n) is 5.54. The number of aryl methyl sites for hydroxylation is 1. The maximum Gasteiger partial charge on any atom is 0.338 e. The van der Waals surface area contributed by atoms with Crippen molar-refractivity contribution >= 4 is 28.9 Å². The second kappa shape index (κ2) is 11.0. The molecule has 0 aliphatic carbocycles. The van der Waals surface area contributed by atoms with E-state index in [4.69, 9.17) is 14.2 Å². The Kier molecular flexibility index (Phi) is 7.64. The van der Waals surface area contributed by atoms with Crippen molar-refractivity contribution in [2.45, 2.75) is 13.5 Å². The van der Waals surface area contributed by atoms with Crippen molar-refractivity contribution in [3.05, 3.63) is 70.2 Å². The molecule has 1 aromatic heterocycles. The molecule has 8 nitrogen and oxygen atoms in total. The fourth-order valence-corrected chi connectivity index (χ4v) is 4.23. The summed E-state index contributed by atoms with van der Waals surface area (Å²) in [6, 6.07) is 14.5. The Morgan fingerprint density at radius 3 is 2.26 bits per heavy atom. The predicted octanol–water partition coefficient (Wildman–Crippen LogP) is 3.54. The van der Waals surface area contributed by atoms with Gasteiger partial charge in [0, 0.05) is 37.2 Å². The molecule has 0 saturated carbocycles. The molecule has 1 amide bonds. The van der Waals surface area contributed by atoms with E-state index in [1.165, 1.54) is 0 Å². The molecular formula is C25H27N3O5S. The highest BCUT2D eigenvalue weighted by atomic mass is 32.1. The number of benzene rings is 2. The molecule has 2 heterocycles. The number of hydrogen-bond acceptors (Lipinski definition) is 8. The van der Waals surface area contributed by atoms with Gasteiger partial charge >= 0.3 is 5.97 Å². The number of nitrogens with zero attached hydrogens (tertiary/aromatic N) is 3. The fraction of sp³-hybridized carbons (Fsp3) is 0.320. The van der Waals surface area contributed by atoms with E-state index in [0.717, 1.165) is 22.1 Å². The lowest BCUT2D eigenvalue weighted by Gasteiger charge is -2.36. The maximum absolute atomic E-state index is 12.5. The molecular weight excluding hydrogens is 454 g/mol. The van der Waals surface area contributed by atoms with Crippen molar-refractivity contribution in [2.24, 2.45) is 0 Å². The number of amides is 1. The Hall–Kier alpha value is -3.59. The van der Waals surface area contributed by atoms with Gasteiger partial charge in [0.25, 0.3) is 5.91 Å². The number of ether oxygens (including phenoxy) is 3. The van der Waals surface area contributed by atoms with Crippen LogP contribution in [0.25, 0.3) is 0 Å². The van der Waals surface area contributed by atoms with E-state index in [9.17, 15) is 9.59 Å². The Morgan fingerprint density at radius 2 is 1.65 bits per heavy atom. The zero-order valence-electron chi connectivity index (χ0n) is 19.2. The highest BCUT2D eigenvalue weighted by molar-refractivity contribution is 7.09. The van der Waals surface area contributed by atoms with Crippen LogP contribution in [0.4, 0.5) is 5.69 Å². The van der Waals surface area contributed by atoms with Crippen molar-refractivity contribution in [1.82, 2.24) is 9.88 Å². The summed E-state index contributed by atoms with van der Waals surface area (Å²) >= 11 is 1.57. The number of carbonyl (C=O) groups excluding carboxylic acids is 2. The molecule has 4 rings (SSSR count). The number of esters is 1. The minimum Gasteiger partial charge on any atom is -0.497 e. The second-order valence-electron chi connectivity index (χ2n) is 7.81. The Morgan fingerprint density at radius 1 is 0.971 bits per heavy atom. The van der Waals surface area contributed by atoms with Crippen LogP contribution in [-0.4, -0.2) is 61.7 Å². The Labute approximate surface area is 202 Å². The highest BCUT2D eigenvalue weighted by Crippen LogP contribution is 2.21. The van der Waals surface area contributed by atoms with Crippen LogP contribution in [0.2, 0.25) is 0 Å². The van der Waals surface area contributed by atoms with Crippen molar-refractivity contribution < 1.29 is 23.8 Å². The van der Waals surface area contributed by atoms with Crippen LogP contribution in [0, 0.1) is 6.92 Å².